The highest BCUT2D eigenvalue weighted by atomic mass is 19.1. The molecule has 0 saturated heterocycles. The molecule has 0 fully saturated rings. The summed E-state index contributed by atoms with van der Waals surface area (Å²) in [7, 11) is 1.60. The van der Waals surface area contributed by atoms with E-state index in [9.17, 15) is 13.6 Å². The molecule has 0 aliphatic heterocycles. The van der Waals surface area contributed by atoms with Crippen LogP contribution in [-0.2, 0) is 4.74 Å². The molecule has 4 nitrogen and oxygen atoms in total. The summed E-state index contributed by atoms with van der Waals surface area (Å²) in [6.45, 7) is 4.84. The number of rotatable bonds is 6. The number of ether oxygens (including phenoxy) is 1. The number of benzene rings is 1. The summed E-state index contributed by atoms with van der Waals surface area (Å²) < 4.78 is 31.5. The van der Waals surface area contributed by atoms with E-state index in [4.69, 9.17) is 10.5 Å². The molecule has 0 atom stereocenters. The van der Waals surface area contributed by atoms with Gasteiger partial charge in [-0.25, -0.2) is 8.78 Å². The molecule has 20 heavy (non-hydrogen) atoms. The van der Waals surface area contributed by atoms with Crippen molar-refractivity contribution in [2.24, 2.45) is 5.41 Å². The minimum Gasteiger partial charge on any atom is -0.396 e. The fourth-order valence-corrected chi connectivity index (χ4v) is 1.62. The predicted octanol–water partition coefficient (Wildman–Crippen LogP) is 2.34. The van der Waals surface area contributed by atoms with E-state index in [2.05, 4.69) is 5.32 Å². The molecular weight excluding hydrogens is 266 g/mol. The van der Waals surface area contributed by atoms with E-state index < -0.39 is 17.5 Å². The average Bonchev–Trinajstić information content (AvgIpc) is 2.38. The average molecular weight is 286 g/mol. The van der Waals surface area contributed by atoms with Gasteiger partial charge in [-0.2, -0.15) is 0 Å². The second-order valence-corrected chi connectivity index (χ2v) is 5.44. The third-order valence-corrected chi connectivity index (χ3v) is 3.04. The molecule has 0 aliphatic carbocycles. The number of nitrogens with one attached hydrogen (secondary N) is 1. The Labute approximate surface area is 117 Å². The van der Waals surface area contributed by atoms with E-state index in [1.165, 1.54) is 0 Å². The van der Waals surface area contributed by atoms with E-state index >= 15 is 0 Å². The van der Waals surface area contributed by atoms with Crippen LogP contribution in [0.4, 0.5) is 14.5 Å². The first-order valence-corrected chi connectivity index (χ1v) is 6.28. The van der Waals surface area contributed by atoms with Crippen molar-refractivity contribution in [3.63, 3.8) is 0 Å². The molecule has 1 aromatic rings. The minimum atomic E-state index is -0.927. The van der Waals surface area contributed by atoms with E-state index in [-0.39, 0.29) is 16.7 Å². The quantitative estimate of drug-likeness (QED) is 0.789. The summed E-state index contributed by atoms with van der Waals surface area (Å²) in [4.78, 5) is 11.9. The molecule has 0 aliphatic rings. The maximum Gasteiger partial charge on any atom is 0.254 e. The Morgan fingerprint density at radius 2 is 2.00 bits per heavy atom. The summed E-state index contributed by atoms with van der Waals surface area (Å²) in [5.74, 6) is -2.41. The molecule has 1 rings (SSSR count). The maximum absolute atomic E-state index is 13.5. The molecule has 0 saturated carbocycles. The highest BCUT2D eigenvalue weighted by Crippen LogP contribution is 2.20. The number of hydrogen-bond donors (Lipinski definition) is 2. The van der Waals surface area contributed by atoms with Crippen LogP contribution in [0.15, 0.2) is 12.1 Å². The van der Waals surface area contributed by atoms with Crippen molar-refractivity contribution in [1.82, 2.24) is 5.32 Å². The third-order valence-electron chi connectivity index (χ3n) is 3.04. The van der Waals surface area contributed by atoms with Crippen molar-refractivity contribution >= 4 is 11.6 Å². The number of carbonyl (C=O) groups is 1. The Morgan fingerprint density at radius 1 is 1.35 bits per heavy atom. The molecule has 1 aromatic carbocycles. The van der Waals surface area contributed by atoms with Gasteiger partial charge in [-0.15, -0.1) is 0 Å². The van der Waals surface area contributed by atoms with Gasteiger partial charge in [0.05, 0.1) is 11.3 Å². The van der Waals surface area contributed by atoms with Crippen LogP contribution >= 0.6 is 0 Å². The monoisotopic (exact) mass is 286 g/mol. The van der Waals surface area contributed by atoms with Crippen LogP contribution in [0, 0.1) is 17.0 Å². The van der Waals surface area contributed by atoms with E-state index in [0.29, 0.717) is 19.2 Å². The van der Waals surface area contributed by atoms with Gasteiger partial charge >= 0.3 is 0 Å². The number of methoxy groups -OCH3 is 1. The molecule has 6 heteroatoms. The van der Waals surface area contributed by atoms with Crippen molar-refractivity contribution < 1.29 is 18.3 Å². The molecular formula is C14H20F2N2O2. The van der Waals surface area contributed by atoms with Crippen LogP contribution in [0.2, 0.25) is 0 Å². The first-order valence-electron chi connectivity index (χ1n) is 6.28. The number of carbonyl (C=O) groups excluding carboxylic acids is 1. The lowest BCUT2D eigenvalue weighted by atomic mass is 9.89. The standard InChI is InChI=1S/C14H20F2N2O2/c1-14(2,4-5-20-3)8-18-13(19)9-6-12(17)11(16)7-10(9)15/h6-7H,4-5,8,17H2,1-3H3,(H,18,19). The first kappa shape index (κ1) is 16.4. The third kappa shape index (κ3) is 4.45. The fourth-order valence-electron chi connectivity index (χ4n) is 1.62. The highest BCUT2D eigenvalue weighted by Gasteiger charge is 2.21. The van der Waals surface area contributed by atoms with Gasteiger partial charge in [-0.3, -0.25) is 4.79 Å². The summed E-state index contributed by atoms with van der Waals surface area (Å²) in [6.07, 6.45) is 0.748. The summed E-state index contributed by atoms with van der Waals surface area (Å²) >= 11 is 0. The number of anilines is 1. The Hall–Kier alpha value is -1.69. The van der Waals surface area contributed by atoms with E-state index in [1.54, 1.807) is 7.11 Å². The van der Waals surface area contributed by atoms with Crippen LogP contribution in [0.25, 0.3) is 0 Å². The van der Waals surface area contributed by atoms with Crippen LogP contribution in [0.3, 0.4) is 0 Å². The van der Waals surface area contributed by atoms with E-state index in [0.717, 1.165) is 12.5 Å². The van der Waals surface area contributed by atoms with Gasteiger partial charge in [-0.1, -0.05) is 13.8 Å². The van der Waals surface area contributed by atoms with Crippen LogP contribution in [0.5, 0.6) is 0 Å². The Balaban J connectivity index is 2.70. The topological polar surface area (TPSA) is 64.3 Å². The molecule has 3 N–H and O–H groups in total. The highest BCUT2D eigenvalue weighted by molar-refractivity contribution is 5.95. The van der Waals surface area contributed by atoms with Crippen LogP contribution < -0.4 is 11.1 Å². The largest absolute Gasteiger partial charge is 0.396 e. The zero-order valence-electron chi connectivity index (χ0n) is 11.9. The molecule has 0 heterocycles. The first-order chi connectivity index (χ1) is 9.26. The lowest BCUT2D eigenvalue weighted by Gasteiger charge is -2.24. The molecule has 0 bridgehead atoms. The molecule has 112 valence electrons. The van der Waals surface area contributed by atoms with Gasteiger partial charge in [0, 0.05) is 26.3 Å². The summed E-state index contributed by atoms with van der Waals surface area (Å²) in [5, 5.41) is 2.62. The van der Waals surface area contributed by atoms with Gasteiger partial charge in [0.15, 0.2) is 0 Å². The second kappa shape index (κ2) is 6.65. The number of nitrogen functional groups attached to an aromatic ring is 1. The maximum atomic E-state index is 13.5. The van der Waals surface area contributed by atoms with Crippen molar-refractivity contribution in [1.29, 1.82) is 0 Å². The number of halogens is 2. The predicted molar refractivity (Wildman–Crippen MR) is 73.4 cm³/mol. The van der Waals surface area contributed by atoms with Gasteiger partial charge in [0.2, 0.25) is 0 Å². The van der Waals surface area contributed by atoms with Crippen molar-refractivity contribution in [2.45, 2.75) is 20.3 Å². The van der Waals surface area contributed by atoms with Gasteiger partial charge in [0.25, 0.3) is 5.91 Å². The van der Waals surface area contributed by atoms with Crippen LogP contribution in [0.1, 0.15) is 30.6 Å². The zero-order chi connectivity index (χ0) is 15.3. The molecule has 0 spiro atoms. The van der Waals surface area contributed by atoms with Gasteiger partial charge in [-0.05, 0) is 17.9 Å². The van der Waals surface area contributed by atoms with Crippen molar-refractivity contribution in [3.8, 4) is 0 Å². The molecule has 0 aromatic heterocycles. The minimum absolute atomic E-state index is 0.187. The Bertz CT molecular complexity index is 490. The van der Waals surface area contributed by atoms with Crippen molar-refractivity contribution in [2.75, 3.05) is 26.0 Å². The summed E-state index contributed by atoms with van der Waals surface area (Å²) in [6, 6.07) is 1.61. The number of nitrogens with two attached hydrogens (primary N) is 1. The van der Waals surface area contributed by atoms with Gasteiger partial charge < -0.3 is 15.8 Å². The summed E-state index contributed by atoms with van der Waals surface area (Å²) in [5.41, 5.74) is 4.64. The lowest BCUT2D eigenvalue weighted by molar-refractivity contribution is 0.0917. The smallest absolute Gasteiger partial charge is 0.254 e. The molecule has 0 radical (unpaired) electrons. The van der Waals surface area contributed by atoms with Gasteiger partial charge in [0.1, 0.15) is 11.6 Å². The Morgan fingerprint density at radius 3 is 2.60 bits per heavy atom. The van der Waals surface area contributed by atoms with E-state index in [1.807, 2.05) is 13.8 Å². The number of hydrogen-bond acceptors (Lipinski definition) is 3. The fraction of sp³-hybridized carbons (Fsp3) is 0.500. The zero-order valence-corrected chi connectivity index (χ0v) is 11.9. The lowest BCUT2D eigenvalue weighted by Crippen LogP contribution is -2.35. The van der Waals surface area contributed by atoms with Crippen LogP contribution in [-0.4, -0.2) is 26.2 Å². The molecule has 0 unspecified atom stereocenters. The molecule has 1 amide bonds. The second-order valence-electron chi connectivity index (χ2n) is 5.44. The SMILES string of the molecule is COCCC(C)(C)CNC(=O)c1cc(N)c(F)cc1F. The van der Waals surface area contributed by atoms with Crippen molar-refractivity contribution in [3.05, 3.63) is 29.3 Å². The number of amides is 1. The Kier molecular flexibility index (Phi) is 5.44. The normalized spacial score (nSPS) is 11.4.